The second-order valence-corrected chi connectivity index (χ2v) is 5.43. The molecule has 1 heterocycles. The molecule has 0 aliphatic carbocycles. The van der Waals surface area contributed by atoms with E-state index in [1.54, 1.807) is 0 Å². The first-order chi connectivity index (χ1) is 9.58. The SMILES string of the molecule is CN1CCC(CCNc2c(F)cccc2C(=O)O)CC1. The number of nitrogens with one attached hydrogen (secondary N) is 1. The maximum atomic E-state index is 13.7. The average Bonchev–Trinajstić information content (AvgIpc) is 2.42. The minimum Gasteiger partial charge on any atom is -0.478 e. The van der Waals surface area contributed by atoms with Gasteiger partial charge in [-0.1, -0.05) is 6.07 Å². The van der Waals surface area contributed by atoms with Gasteiger partial charge in [0.15, 0.2) is 0 Å². The van der Waals surface area contributed by atoms with Crippen molar-refractivity contribution in [2.24, 2.45) is 5.92 Å². The maximum absolute atomic E-state index is 13.7. The number of carboxylic acid groups (broad SMARTS) is 1. The summed E-state index contributed by atoms with van der Waals surface area (Å²) < 4.78 is 13.7. The fourth-order valence-electron chi connectivity index (χ4n) is 2.63. The Morgan fingerprint density at radius 2 is 2.15 bits per heavy atom. The van der Waals surface area contributed by atoms with Crippen LogP contribution in [0, 0.1) is 11.7 Å². The third-order valence-corrected chi connectivity index (χ3v) is 3.94. The van der Waals surface area contributed by atoms with Crippen LogP contribution in [0.5, 0.6) is 0 Å². The standard InChI is InChI=1S/C15H21FN2O2/c1-18-9-6-11(7-10-18)5-8-17-14-12(15(19)20)3-2-4-13(14)16/h2-4,11,17H,5-10H2,1H3,(H,19,20). The van der Waals surface area contributed by atoms with E-state index in [-0.39, 0.29) is 11.3 Å². The molecule has 0 amide bonds. The number of carbonyl (C=O) groups is 1. The van der Waals surface area contributed by atoms with Crippen LogP contribution in [0.4, 0.5) is 10.1 Å². The summed E-state index contributed by atoms with van der Waals surface area (Å²) in [5, 5.41) is 12.0. The average molecular weight is 280 g/mol. The van der Waals surface area contributed by atoms with Crippen LogP contribution in [0.25, 0.3) is 0 Å². The van der Waals surface area contributed by atoms with Crippen molar-refractivity contribution in [2.45, 2.75) is 19.3 Å². The van der Waals surface area contributed by atoms with E-state index in [0.29, 0.717) is 12.5 Å². The first kappa shape index (κ1) is 14.8. The highest BCUT2D eigenvalue weighted by Gasteiger charge is 2.17. The smallest absolute Gasteiger partial charge is 0.337 e. The molecule has 0 saturated carbocycles. The van der Waals surface area contributed by atoms with Gasteiger partial charge in [-0.15, -0.1) is 0 Å². The lowest BCUT2D eigenvalue weighted by molar-refractivity contribution is 0.0697. The summed E-state index contributed by atoms with van der Waals surface area (Å²) in [6.45, 7) is 2.81. The number of halogens is 1. The molecule has 1 aliphatic heterocycles. The molecule has 1 aromatic carbocycles. The number of hydrogen-bond acceptors (Lipinski definition) is 3. The van der Waals surface area contributed by atoms with Crippen molar-refractivity contribution in [1.29, 1.82) is 0 Å². The lowest BCUT2D eigenvalue weighted by Crippen LogP contribution is -2.31. The van der Waals surface area contributed by atoms with Crippen LogP contribution >= 0.6 is 0 Å². The van der Waals surface area contributed by atoms with Crippen molar-refractivity contribution in [1.82, 2.24) is 4.90 Å². The van der Waals surface area contributed by atoms with E-state index in [2.05, 4.69) is 17.3 Å². The molecule has 0 unspecified atom stereocenters. The Kier molecular flexibility index (Phi) is 4.95. The van der Waals surface area contributed by atoms with Gasteiger partial charge in [0.2, 0.25) is 0 Å². The highest BCUT2D eigenvalue weighted by atomic mass is 19.1. The molecular weight excluding hydrogens is 259 g/mol. The van der Waals surface area contributed by atoms with E-state index in [1.807, 2.05) is 0 Å². The Morgan fingerprint density at radius 3 is 2.80 bits per heavy atom. The highest BCUT2D eigenvalue weighted by molar-refractivity contribution is 5.94. The summed E-state index contributed by atoms with van der Waals surface area (Å²) in [5.41, 5.74) is 0.0984. The van der Waals surface area contributed by atoms with Crippen LogP contribution in [-0.4, -0.2) is 42.7 Å². The molecule has 0 radical (unpaired) electrons. The highest BCUT2D eigenvalue weighted by Crippen LogP contribution is 2.22. The van der Waals surface area contributed by atoms with Crippen LogP contribution in [0.1, 0.15) is 29.6 Å². The Morgan fingerprint density at radius 1 is 1.45 bits per heavy atom. The van der Waals surface area contributed by atoms with E-state index in [9.17, 15) is 9.18 Å². The number of hydrogen-bond donors (Lipinski definition) is 2. The molecule has 1 saturated heterocycles. The quantitative estimate of drug-likeness (QED) is 0.870. The number of piperidine rings is 1. The first-order valence-corrected chi connectivity index (χ1v) is 7.02. The maximum Gasteiger partial charge on any atom is 0.337 e. The largest absolute Gasteiger partial charge is 0.478 e. The number of likely N-dealkylation sites (tertiary alicyclic amines) is 1. The van der Waals surface area contributed by atoms with Crippen molar-refractivity contribution >= 4 is 11.7 Å². The number of rotatable bonds is 5. The predicted molar refractivity (Wildman–Crippen MR) is 76.7 cm³/mol. The van der Waals surface area contributed by atoms with E-state index in [0.717, 1.165) is 32.4 Å². The van der Waals surface area contributed by atoms with Gasteiger partial charge in [0.1, 0.15) is 5.82 Å². The van der Waals surface area contributed by atoms with E-state index in [4.69, 9.17) is 5.11 Å². The monoisotopic (exact) mass is 280 g/mol. The number of carboxylic acids is 1. The van der Waals surface area contributed by atoms with Gasteiger partial charge in [-0.05, 0) is 57.5 Å². The van der Waals surface area contributed by atoms with E-state index >= 15 is 0 Å². The van der Waals surface area contributed by atoms with Crippen LogP contribution in [-0.2, 0) is 0 Å². The van der Waals surface area contributed by atoms with Crippen molar-refractivity contribution in [3.8, 4) is 0 Å². The first-order valence-electron chi connectivity index (χ1n) is 7.02. The van der Waals surface area contributed by atoms with Crippen LogP contribution in [0.3, 0.4) is 0 Å². The molecule has 2 rings (SSSR count). The molecule has 0 aromatic heterocycles. The van der Waals surface area contributed by atoms with Gasteiger partial charge in [0, 0.05) is 6.54 Å². The topological polar surface area (TPSA) is 52.6 Å². The molecular formula is C15H21FN2O2. The normalized spacial score (nSPS) is 17.1. The molecule has 5 heteroatoms. The Hall–Kier alpha value is -1.62. The lowest BCUT2D eigenvalue weighted by atomic mass is 9.94. The van der Waals surface area contributed by atoms with Gasteiger partial charge in [0.05, 0.1) is 11.3 Å². The Bertz CT molecular complexity index is 471. The zero-order chi connectivity index (χ0) is 14.5. The van der Waals surface area contributed by atoms with Crippen LogP contribution in [0.15, 0.2) is 18.2 Å². The second-order valence-electron chi connectivity index (χ2n) is 5.43. The summed E-state index contributed by atoms with van der Waals surface area (Å²) in [6, 6.07) is 4.12. The van der Waals surface area contributed by atoms with Crippen molar-refractivity contribution in [3.63, 3.8) is 0 Å². The molecule has 2 N–H and O–H groups in total. The molecule has 110 valence electrons. The summed E-state index contributed by atoms with van der Waals surface area (Å²) >= 11 is 0. The molecule has 0 spiro atoms. The number of para-hydroxylation sites is 1. The molecule has 20 heavy (non-hydrogen) atoms. The van der Waals surface area contributed by atoms with Crippen molar-refractivity contribution in [2.75, 3.05) is 32.0 Å². The third-order valence-electron chi connectivity index (χ3n) is 3.94. The van der Waals surface area contributed by atoms with Gasteiger partial charge in [0.25, 0.3) is 0 Å². The number of benzene rings is 1. The van der Waals surface area contributed by atoms with E-state index in [1.165, 1.54) is 18.2 Å². The molecule has 1 fully saturated rings. The zero-order valence-corrected chi connectivity index (χ0v) is 11.7. The number of anilines is 1. The minimum absolute atomic E-state index is 0.00613. The Balaban J connectivity index is 1.89. The fourth-order valence-corrected chi connectivity index (χ4v) is 2.63. The summed E-state index contributed by atoms with van der Waals surface area (Å²) in [7, 11) is 2.12. The lowest BCUT2D eigenvalue weighted by Gasteiger charge is -2.29. The summed E-state index contributed by atoms with van der Waals surface area (Å²) in [4.78, 5) is 13.4. The summed E-state index contributed by atoms with van der Waals surface area (Å²) in [6.07, 6.45) is 3.25. The summed E-state index contributed by atoms with van der Waals surface area (Å²) in [5.74, 6) is -0.974. The van der Waals surface area contributed by atoms with Gasteiger partial charge >= 0.3 is 5.97 Å². The molecule has 0 atom stereocenters. The fraction of sp³-hybridized carbons (Fsp3) is 0.533. The molecule has 4 nitrogen and oxygen atoms in total. The third kappa shape index (κ3) is 3.70. The molecule has 1 aliphatic rings. The molecule has 1 aromatic rings. The van der Waals surface area contributed by atoms with Gasteiger partial charge in [-0.3, -0.25) is 0 Å². The number of aromatic carboxylic acids is 1. The van der Waals surface area contributed by atoms with Gasteiger partial charge in [-0.2, -0.15) is 0 Å². The van der Waals surface area contributed by atoms with E-state index < -0.39 is 11.8 Å². The Labute approximate surface area is 118 Å². The van der Waals surface area contributed by atoms with Crippen molar-refractivity contribution in [3.05, 3.63) is 29.6 Å². The number of nitrogens with zero attached hydrogens (tertiary/aromatic N) is 1. The second kappa shape index (κ2) is 6.70. The van der Waals surface area contributed by atoms with Crippen LogP contribution in [0.2, 0.25) is 0 Å². The van der Waals surface area contributed by atoms with Gasteiger partial charge in [-0.25, -0.2) is 9.18 Å². The van der Waals surface area contributed by atoms with Crippen LogP contribution < -0.4 is 5.32 Å². The molecule has 0 bridgehead atoms. The minimum atomic E-state index is -1.11. The predicted octanol–water partition coefficient (Wildman–Crippen LogP) is 2.67. The van der Waals surface area contributed by atoms with Crippen molar-refractivity contribution < 1.29 is 14.3 Å². The van der Waals surface area contributed by atoms with Gasteiger partial charge < -0.3 is 15.3 Å². The zero-order valence-electron chi connectivity index (χ0n) is 11.7.